The summed E-state index contributed by atoms with van der Waals surface area (Å²) < 4.78 is 0. The van der Waals surface area contributed by atoms with Gasteiger partial charge < -0.3 is 4.90 Å². The van der Waals surface area contributed by atoms with Crippen molar-refractivity contribution in [1.29, 1.82) is 5.26 Å². The number of nitrogens with one attached hydrogen (secondary N) is 1. The highest BCUT2D eigenvalue weighted by atomic mass is 16.2. The summed E-state index contributed by atoms with van der Waals surface area (Å²) in [6, 6.07) is 2.10. The number of carbonyl (C=O) groups excluding carboxylic acids is 1. The predicted molar refractivity (Wildman–Crippen MR) is 58.9 cm³/mol. The SMILES string of the molecule is CC(C#N)N1CCN(C(=O)c2cn[nH]n2)CC1. The molecule has 0 bridgehead atoms. The molecule has 1 aliphatic rings. The topological polar surface area (TPSA) is 88.9 Å². The summed E-state index contributed by atoms with van der Waals surface area (Å²) in [7, 11) is 0. The van der Waals surface area contributed by atoms with Crippen molar-refractivity contribution < 1.29 is 4.79 Å². The Labute approximate surface area is 99.0 Å². The fourth-order valence-electron chi connectivity index (χ4n) is 1.86. The Balaban J connectivity index is 1.92. The van der Waals surface area contributed by atoms with Crippen molar-refractivity contribution >= 4 is 5.91 Å². The predicted octanol–water partition coefficient (Wildman–Crippen LogP) is -0.525. The van der Waals surface area contributed by atoms with E-state index in [2.05, 4.69) is 26.4 Å². The monoisotopic (exact) mass is 234 g/mol. The van der Waals surface area contributed by atoms with Crippen LogP contribution < -0.4 is 0 Å². The first-order chi connectivity index (χ1) is 8.22. The number of carbonyl (C=O) groups is 1. The quantitative estimate of drug-likeness (QED) is 0.743. The van der Waals surface area contributed by atoms with Crippen LogP contribution in [0.25, 0.3) is 0 Å². The zero-order valence-corrected chi connectivity index (χ0v) is 9.63. The zero-order chi connectivity index (χ0) is 12.3. The number of aromatic amines is 1. The molecule has 2 heterocycles. The second kappa shape index (κ2) is 4.93. The fraction of sp³-hybridized carbons (Fsp3) is 0.600. The van der Waals surface area contributed by atoms with Crippen molar-refractivity contribution in [3.8, 4) is 6.07 Å². The van der Waals surface area contributed by atoms with E-state index in [1.807, 2.05) is 6.92 Å². The van der Waals surface area contributed by atoms with Gasteiger partial charge in [0, 0.05) is 26.2 Å². The van der Waals surface area contributed by atoms with Crippen molar-refractivity contribution in [3.63, 3.8) is 0 Å². The molecule has 1 aliphatic heterocycles. The van der Waals surface area contributed by atoms with Crippen molar-refractivity contribution in [2.75, 3.05) is 26.2 Å². The number of H-pyrrole nitrogens is 1. The molecule has 0 saturated carbocycles. The highest BCUT2D eigenvalue weighted by Gasteiger charge is 2.25. The Morgan fingerprint density at radius 2 is 2.24 bits per heavy atom. The Morgan fingerprint density at radius 3 is 2.76 bits per heavy atom. The maximum absolute atomic E-state index is 11.9. The minimum absolute atomic E-state index is 0.0979. The van der Waals surface area contributed by atoms with Crippen LogP contribution in [-0.4, -0.2) is 63.3 Å². The molecule has 0 aliphatic carbocycles. The van der Waals surface area contributed by atoms with E-state index in [0.717, 1.165) is 13.1 Å². The molecule has 1 aromatic heterocycles. The van der Waals surface area contributed by atoms with Gasteiger partial charge in [0.25, 0.3) is 5.91 Å². The van der Waals surface area contributed by atoms with Crippen LogP contribution in [0.15, 0.2) is 6.20 Å². The molecule has 7 nitrogen and oxygen atoms in total. The van der Waals surface area contributed by atoms with Crippen LogP contribution in [-0.2, 0) is 0 Å². The van der Waals surface area contributed by atoms with Gasteiger partial charge in [0.2, 0.25) is 0 Å². The lowest BCUT2D eigenvalue weighted by atomic mass is 10.2. The molecule has 17 heavy (non-hydrogen) atoms. The smallest absolute Gasteiger partial charge is 0.276 e. The van der Waals surface area contributed by atoms with Crippen LogP contribution in [0.3, 0.4) is 0 Å². The minimum Gasteiger partial charge on any atom is -0.335 e. The van der Waals surface area contributed by atoms with Gasteiger partial charge in [0.05, 0.1) is 18.3 Å². The van der Waals surface area contributed by atoms with E-state index in [1.54, 1.807) is 4.90 Å². The van der Waals surface area contributed by atoms with Gasteiger partial charge in [-0.1, -0.05) is 0 Å². The van der Waals surface area contributed by atoms with Gasteiger partial charge in [-0.25, -0.2) is 0 Å². The van der Waals surface area contributed by atoms with Crippen LogP contribution in [0, 0.1) is 11.3 Å². The second-order valence-corrected chi connectivity index (χ2v) is 3.99. The number of hydrogen-bond acceptors (Lipinski definition) is 5. The van der Waals surface area contributed by atoms with Gasteiger partial charge in [-0.05, 0) is 6.92 Å². The normalized spacial score (nSPS) is 18.7. The lowest BCUT2D eigenvalue weighted by Crippen LogP contribution is -2.51. The third-order valence-electron chi connectivity index (χ3n) is 2.97. The summed E-state index contributed by atoms with van der Waals surface area (Å²) in [6.45, 7) is 4.56. The van der Waals surface area contributed by atoms with Crippen LogP contribution in [0.5, 0.6) is 0 Å². The number of rotatable bonds is 2. The zero-order valence-electron chi connectivity index (χ0n) is 9.63. The summed E-state index contributed by atoms with van der Waals surface area (Å²) in [6.07, 6.45) is 1.42. The van der Waals surface area contributed by atoms with E-state index >= 15 is 0 Å². The first-order valence-corrected chi connectivity index (χ1v) is 5.51. The molecular weight excluding hydrogens is 220 g/mol. The van der Waals surface area contributed by atoms with Gasteiger partial charge in [-0.15, -0.1) is 0 Å². The molecule has 1 fully saturated rings. The summed E-state index contributed by atoms with van der Waals surface area (Å²) in [5.41, 5.74) is 0.340. The molecule has 90 valence electrons. The molecule has 1 saturated heterocycles. The Kier molecular flexibility index (Phi) is 3.35. The third kappa shape index (κ3) is 2.42. The van der Waals surface area contributed by atoms with Crippen LogP contribution >= 0.6 is 0 Å². The summed E-state index contributed by atoms with van der Waals surface area (Å²) >= 11 is 0. The third-order valence-corrected chi connectivity index (χ3v) is 2.97. The van der Waals surface area contributed by atoms with Gasteiger partial charge in [-0.3, -0.25) is 9.69 Å². The maximum Gasteiger partial charge on any atom is 0.276 e. The Morgan fingerprint density at radius 1 is 1.53 bits per heavy atom. The second-order valence-electron chi connectivity index (χ2n) is 3.99. The van der Waals surface area contributed by atoms with E-state index in [4.69, 9.17) is 5.26 Å². The molecule has 7 heteroatoms. The average molecular weight is 234 g/mol. The lowest BCUT2D eigenvalue weighted by molar-refractivity contribution is 0.0610. The molecule has 2 rings (SSSR count). The maximum atomic E-state index is 11.9. The molecule has 1 aromatic rings. The van der Waals surface area contributed by atoms with Crippen molar-refractivity contribution in [2.24, 2.45) is 0 Å². The number of hydrogen-bond donors (Lipinski definition) is 1. The van der Waals surface area contributed by atoms with E-state index in [-0.39, 0.29) is 11.9 Å². The van der Waals surface area contributed by atoms with Gasteiger partial charge in [0.15, 0.2) is 5.69 Å². The molecular formula is C10H14N6O. The first kappa shape index (κ1) is 11.5. The van der Waals surface area contributed by atoms with Crippen molar-refractivity contribution in [2.45, 2.75) is 13.0 Å². The van der Waals surface area contributed by atoms with Crippen LogP contribution in [0.1, 0.15) is 17.4 Å². The van der Waals surface area contributed by atoms with Gasteiger partial charge in [0.1, 0.15) is 0 Å². The number of nitriles is 1. The van der Waals surface area contributed by atoms with E-state index < -0.39 is 0 Å². The van der Waals surface area contributed by atoms with E-state index in [0.29, 0.717) is 18.8 Å². The molecule has 0 radical (unpaired) electrons. The van der Waals surface area contributed by atoms with Crippen molar-refractivity contribution in [1.82, 2.24) is 25.2 Å². The summed E-state index contributed by atoms with van der Waals surface area (Å²) in [5, 5.41) is 18.6. The molecule has 1 atom stereocenters. The number of amides is 1. The highest BCUT2D eigenvalue weighted by Crippen LogP contribution is 2.08. The van der Waals surface area contributed by atoms with Gasteiger partial charge >= 0.3 is 0 Å². The molecule has 1 unspecified atom stereocenters. The average Bonchev–Trinajstić information content (AvgIpc) is 2.91. The first-order valence-electron chi connectivity index (χ1n) is 5.51. The van der Waals surface area contributed by atoms with Crippen LogP contribution in [0.4, 0.5) is 0 Å². The summed E-state index contributed by atoms with van der Waals surface area (Å²) in [5.74, 6) is -0.108. The van der Waals surface area contributed by atoms with Crippen LogP contribution in [0.2, 0.25) is 0 Å². The minimum atomic E-state index is -0.108. The largest absolute Gasteiger partial charge is 0.335 e. The molecule has 1 amide bonds. The Hall–Kier alpha value is -1.94. The highest BCUT2D eigenvalue weighted by molar-refractivity contribution is 5.91. The summed E-state index contributed by atoms with van der Waals surface area (Å²) in [4.78, 5) is 15.7. The number of piperazine rings is 1. The van der Waals surface area contributed by atoms with E-state index in [1.165, 1.54) is 6.20 Å². The molecule has 0 spiro atoms. The van der Waals surface area contributed by atoms with Crippen molar-refractivity contribution in [3.05, 3.63) is 11.9 Å². The number of nitrogens with zero attached hydrogens (tertiary/aromatic N) is 5. The molecule has 1 N–H and O–H groups in total. The molecule has 0 aromatic carbocycles. The fourth-order valence-corrected chi connectivity index (χ4v) is 1.86. The van der Waals surface area contributed by atoms with E-state index in [9.17, 15) is 4.79 Å². The number of aromatic nitrogens is 3. The van der Waals surface area contributed by atoms with Gasteiger partial charge in [-0.2, -0.15) is 20.7 Å². The Bertz CT molecular complexity index is 415. The lowest BCUT2D eigenvalue weighted by Gasteiger charge is -2.35. The standard InChI is InChI=1S/C10H14N6O/c1-8(6-11)15-2-4-16(5-3-15)10(17)9-7-12-14-13-9/h7-8H,2-5H2,1H3,(H,12,13,14).